The first-order valence-corrected chi connectivity index (χ1v) is 9.91. The van der Waals surface area contributed by atoms with Crippen molar-refractivity contribution in [3.8, 4) is 11.3 Å². The van der Waals surface area contributed by atoms with Crippen LogP contribution in [0.15, 0.2) is 52.9 Å². The molecule has 0 aliphatic rings. The zero-order valence-electron chi connectivity index (χ0n) is 15.2. The van der Waals surface area contributed by atoms with Gasteiger partial charge in [0.05, 0.1) is 10.6 Å². The first-order chi connectivity index (χ1) is 13.9. The number of ether oxygens (including phenoxy) is 1. The molecule has 2 aromatic carbocycles. The lowest BCUT2D eigenvalue weighted by atomic mass is 10.1. The molecule has 1 aromatic heterocycles. The van der Waals surface area contributed by atoms with Gasteiger partial charge in [-0.05, 0) is 83.6 Å². The van der Waals surface area contributed by atoms with Crippen LogP contribution in [0.4, 0.5) is 5.69 Å². The Morgan fingerprint density at radius 3 is 2.66 bits per heavy atom. The van der Waals surface area contributed by atoms with Crippen molar-refractivity contribution in [1.82, 2.24) is 0 Å². The standard InChI is InChI=1S/C21H15ClINO5/c1-12-8-14(23)3-6-18(12)24-20(26)11-28-21(27)16-9-13(2-5-17(16)22)19-7-4-15(10-25)29-19/h2-10H,11H2,1H3,(H,24,26). The van der Waals surface area contributed by atoms with Crippen molar-refractivity contribution in [3.63, 3.8) is 0 Å². The molecule has 0 radical (unpaired) electrons. The minimum atomic E-state index is -0.742. The van der Waals surface area contributed by atoms with E-state index < -0.39 is 18.5 Å². The average molecular weight is 524 g/mol. The van der Waals surface area contributed by atoms with Crippen molar-refractivity contribution >= 4 is 58.0 Å². The minimum Gasteiger partial charge on any atom is -0.453 e. The average Bonchev–Trinajstić information content (AvgIpc) is 3.18. The van der Waals surface area contributed by atoms with E-state index in [2.05, 4.69) is 27.9 Å². The summed E-state index contributed by atoms with van der Waals surface area (Å²) in [5, 5.41) is 2.88. The van der Waals surface area contributed by atoms with E-state index in [0.717, 1.165) is 9.13 Å². The summed E-state index contributed by atoms with van der Waals surface area (Å²) in [6, 6.07) is 13.4. The number of esters is 1. The van der Waals surface area contributed by atoms with Crippen molar-refractivity contribution in [2.75, 3.05) is 11.9 Å². The van der Waals surface area contributed by atoms with E-state index in [0.29, 0.717) is 23.3 Å². The first kappa shape index (κ1) is 21.1. The second-order valence-corrected chi connectivity index (χ2v) is 7.75. The van der Waals surface area contributed by atoms with Gasteiger partial charge < -0.3 is 14.5 Å². The van der Waals surface area contributed by atoms with Crippen molar-refractivity contribution in [2.24, 2.45) is 0 Å². The number of rotatable bonds is 6. The van der Waals surface area contributed by atoms with E-state index in [1.165, 1.54) is 18.2 Å². The molecule has 148 valence electrons. The Morgan fingerprint density at radius 2 is 1.97 bits per heavy atom. The topological polar surface area (TPSA) is 85.6 Å². The van der Waals surface area contributed by atoms with E-state index in [9.17, 15) is 14.4 Å². The Labute approximate surface area is 185 Å². The number of hydrogen-bond donors (Lipinski definition) is 1. The third-order valence-corrected chi connectivity index (χ3v) is 5.01. The van der Waals surface area contributed by atoms with Gasteiger partial charge in [-0.2, -0.15) is 0 Å². The Bertz CT molecular complexity index is 1090. The Kier molecular flexibility index (Phi) is 6.71. The summed E-state index contributed by atoms with van der Waals surface area (Å²) in [4.78, 5) is 35.3. The monoisotopic (exact) mass is 523 g/mol. The number of nitrogens with one attached hydrogen (secondary N) is 1. The second kappa shape index (κ2) is 9.23. The van der Waals surface area contributed by atoms with Crippen LogP contribution in [-0.2, 0) is 9.53 Å². The van der Waals surface area contributed by atoms with Gasteiger partial charge in [0.1, 0.15) is 5.76 Å². The molecule has 0 unspecified atom stereocenters. The number of carbonyl (C=O) groups excluding carboxylic acids is 3. The fourth-order valence-corrected chi connectivity index (χ4v) is 3.41. The fourth-order valence-electron chi connectivity index (χ4n) is 2.57. The maximum absolute atomic E-state index is 12.4. The van der Waals surface area contributed by atoms with E-state index in [-0.39, 0.29) is 16.3 Å². The van der Waals surface area contributed by atoms with Crippen LogP contribution in [0.25, 0.3) is 11.3 Å². The molecule has 1 amide bonds. The van der Waals surface area contributed by atoms with E-state index >= 15 is 0 Å². The van der Waals surface area contributed by atoms with Crippen LogP contribution in [0, 0.1) is 10.5 Å². The molecule has 0 aliphatic heterocycles. The molecule has 1 heterocycles. The molecule has 3 rings (SSSR count). The maximum Gasteiger partial charge on any atom is 0.340 e. The van der Waals surface area contributed by atoms with Gasteiger partial charge in [-0.15, -0.1) is 0 Å². The van der Waals surface area contributed by atoms with Gasteiger partial charge in [-0.25, -0.2) is 4.79 Å². The highest BCUT2D eigenvalue weighted by Gasteiger charge is 2.16. The number of hydrogen-bond acceptors (Lipinski definition) is 5. The van der Waals surface area contributed by atoms with E-state index in [1.807, 2.05) is 19.1 Å². The summed E-state index contributed by atoms with van der Waals surface area (Å²) in [6.07, 6.45) is 0.586. The first-order valence-electron chi connectivity index (χ1n) is 8.45. The molecule has 1 N–H and O–H groups in total. The number of carbonyl (C=O) groups is 3. The van der Waals surface area contributed by atoms with Crippen molar-refractivity contribution in [2.45, 2.75) is 6.92 Å². The van der Waals surface area contributed by atoms with Crippen LogP contribution in [-0.4, -0.2) is 24.8 Å². The highest BCUT2D eigenvalue weighted by Crippen LogP contribution is 2.27. The maximum atomic E-state index is 12.4. The highest BCUT2D eigenvalue weighted by molar-refractivity contribution is 14.1. The van der Waals surface area contributed by atoms with Crippen LogP contribution >= 0.6 is 34.2 Å². The van der Waals surface area contributed by atoms with E-state index in [1.54, 1.807) is 18.2 Å². The summed E-state index contributed by atoms with van der Waals surface area (Å²) >= 11 is 8.29. The molecular weight excluding hydrogens is 509 g/mol. The third kappa shape index (κ3) is 5.24. The summed E-state index contributed by atoms with van der Waals surface area (Å²) < 4.78 is 11.5. The molecule has 0 spiro atoms. The third-order valence-electron chi connectivity index (χ3n) is 4.01. The number of amides is 1. The Balaban J connectivity index is 1.67. The Morgan fingerprint density at radius 1 is 1.17 bits per heavy atom. The predicted molar refractivity (Wildman–Crippen MR) is 117 cm³/mol. The lowest BCUT2D eigenvalue weighted by Crippen LogP contribution is -2.21. The largest absolute Gasteiger partial charge is 0.453 e. The predicted octanol–water partition coefficient (Wildman–Crippen LogP) is 5.12. The molecule has 0 aliphatic carbocycles. The van der Waals surface area contributed by atoms with Crippen LogP contribution < -0.4 is 5.32 Å². The van der Waals surface area contributed by atoms with Gasteiger partial charge in [0.25, 0.3) is 5.91 Å². The minimum absolute atomic E-state index is 0.0893. The molecule has 0 saturated carbocycles. The smallest absolute Gasteiger partial charge is 0.340 e. The van der Waals surface area contributed by atoms with Crippen LogP contribution in [0.2, 0.25) is 5.02 Å². The molecule has 0 bridgehead atoms. The van der Waals surface area contributed by atoms with Gasteiger partial charge in [-0.3, -0.25) is 9.59 Å². The number of benzene rings is 2. The lowest BCUT2D eigenvalue weighted by Gasteiger charge is -2.10. The molecule has 0 saturated heterocycles. The van der Waals surface area contributed by atoms with Gasteiger partial charge in [0.15, 0.2) is 18.7 Å². The molecule has 8 heteroatoms. The van der Waals surface area contributed by atoms with Crippen LogP contribution in [0.5, 0.6) is 0 Å². The summed E-state index contributed by atoms with van der Waals surface area (Å²) in [5.74, 6) is -0.628. The van der Waals surface area contributed by atoms with Crippen molar-refractivity contribution in [3.05, 3.63) is 74.0 Å². The number of aryl methyl sites for hydroxylation is 1. The van der Waals surface area contributed by atoms with Gasteiger partial charge in [0.2, 0.25) is 0 Å². The number of anilines is 1. The molecule has 0 atom stereocenters. The second-order valence-electron chi connectivity index (χ2n) is 6.10. The van der Waals surface area contributed by atoms with Gasteiger partial charge in [0, 0.05) is 14.8 Å². The van der Waals surface area contributed by atoms with Crippen LogP contribution in [0.3, 0.4) is 0 Å². The number of furan rings is 1. The normalized spacial score (nSPS) is 10.4. The fraction of sp³-hybridized carbons (Fsp3) is 0.0952. The number of halogens is 2. The van der Waals surface area contributed by atoms with Gasteiger partial charge >= 0.3 is 5.97 Å². The van der Waals surface area contributed by atoms with Crippen molar-refractivity contribution < 1.29 is 23.5 Å². The molecule has 0 fully saturated rings. The zero-order chi connectivity index (χ0) is 21.0. The summed E-state index contributed by atoms with van der Waals surface area (Å²) in [7, 11) is 0. The molecule has 29 heavy (non-hydrogen) atoms. The highest BCUT2D eigenvalue weighted by atomic mass is 127. The number of aldehydes is 1. The lowest BCUT2D eigenvalue weighted by molar-refractivity contribution is -0.119. The molecule has 3 aromatic rings. The SMILES string of the molecule is Cc1cc(I)ccc1NC(=O)COC(=O)c1cc(-c2ccc(C=O)o2)ccc1Cl. The van der Waals surface area contributed by atoms with Crippen molar-refractivity contribution in [1.29, 1.82) is 0 Å². The Hall–Kier alpha value is -2.65. The van der Waals surface area contributed by atoms with Crippen LogP contribution in [0.1, 0.15) is 26.5 Å². The van der Waals surface area contributed by atoms with Gasteiger partial charge in [-0.1, -0.05) is 11.6 Å². The quantitative estimate of drug-likeness (QED) is 0.275. The van der Waals surface area contributed by atoms with E-state index in [4.69, 9.17) is 20.8 Å². The zero-order valence-corrected chi connectivity index (χ0v) is 18.1. The molecule has 6 nitrogen and oxygen atoms in total. The summed E-state index contributed by atoms with van der Waals surface area (Å²) in [5.41, 5.74) is 2.19. The summed E-state index contributed by atoms with van der Waals surface area (Å²) in [6.45, 7) is 1.42. The molecular formula is C21H15ClINO5.